The Bertz CT molecular complexity index is 609. The monoisotopic (exact) mass is 348 g/mol. The van der Waals surface area contributed by atoms with E-state index in [1.165, 1.54) is 12.5 Å². The van der Waals surface area contributed by atoms with Crippen molar-refractivity contribution in [3.05, 3.63) is 29.8 Å². The van der Waals surface area contributed by atoms with Gasteiger partial charge < -0.3 is 20.1 Å². The highest BCUT2D eigenvalue weighted by molar-refractivity contribution is 5.95. The van der Waals surface area contributed by atoms with E-state index in [2.05, 4.69) is 0 Å². The second-order valence-electron chi connectivity index (χ2n) is 5.96. The molecule has 0 bridgehead atoms. The fraction of sp³-hybridized carbons (Fsp3) is 0.500. The molecule has 2 amide bonds. The van der Waals surface area contributed by atoms with Crippen molar-refractivity contribution >= 4 is 17.8 Å². The van der Waals surface area contributed by atoms with Gasteiger partial charge in [-0.25, -0.2) is 4.79 Å². The molecule has 0 unspecified atom stereocenters. The number of rotatable bonds is 6. The van der Waals surface area contributed by atoms with Crippen LogP contribution in [0, 0.1) is 0 Å². The van der Waals surface area contributed by atoms with E-state index in [1.54, 1.807) is 23.1 Å². The van der Waals surface area contributed by atoms with Crippen LogP contribution in [0.25, 0.3) is 0 Å². The first-order valence-electron chi connectivity index (χ1n) is 8.53. The molecular weight excluding hydrogens is 324 g/mol. The summed E-state index contributed by atoms with van der Waals surface area (Å²) in [7, 11) is 0. The van der Waals surface area contributed by atoms with E-state index >= 15 is 0 Å². The van der Waals surface area contributed by atoms with E-state index in [-0.39, 0.29) is 23.8 Å². The summed E-state index contributed by atoms with van der Waals surface area (Å²) in [5.41, 5.74) is 5.43. The molecule has 1 aliphatic rings. The minimum absolute atomic E-state index is 0.187. The quantitative estimate of drug-likeness (QED) is 0.786. The third kappa shape index (κ3) is 6.10. The summed E-state index contributed by atoms with van der Waals surface area (Å²) >= 11 is 0. The topological polar surface area (TPSA) is 98.9 Å². The van der Waals surface area contributed by atoms with Crippen LogP contribution < -0.4 is 10.5 Å². The van der Waals surface area contributed by atoms with Crippen LogP contribution in [-0.4, -0.2) is 49.0 Å². The van der Waals surface area contributed by atoms with E-state index in [1.807, 2.05) is 0 Å². The molecule has 7 heteroatoms. The Kier molecular flexibility index (Phi) is 7.25. The van der Waals surface area contributed by atoms with Gasteiger partial charge in [0.25, 0.3) is 11.8 Å². The number of hydrogen-bond acceptors (Lipinski definition) is 5. The summed E-state index contributed by atoms with van der Waals surface area (Å²) in [5.74, 6) is -1.29. The molecule has 2 N–H and O–H groups in total. The number of esters is 1. The van der Waals surface area contributed by atoms with Gasteiger partial charge in [0.2, 0.25) is 0 Å². The Labute approximate surface area is 147 Å². The average molecular weight is 348 g/mol. The van der Waals surface area contributed by atoms with Crippen molar-refractivity contribution in [2.45, 2.75) is 32.1 Å². The van der Waals surface area contributed by atoms with Crippen LogP contribution in [0.3, 0.4) is 0 Å². The Hall–Kier alpha value is -2.57. The number of likely N-dealkylation sites (tertiary alicyclic amines) is 1. The van der Waals surface area contributed by atoms with Gasteiger partial charge in [-0.2, -0.15) is 0 Å². The van der Waals surface area contributed by atoms with Crippen LogP contribution in [0.2, 0.25) is 0 Å². The highest BCUT2D eigenvalue weighted by Crippen LogP contribution is 2.17. The van der Waals surface area contributed by atoms with Crippen LogP contribution in [0.4, 0.5) is 0 Å². The van der Waals surface area contributed by atoms with Gasteiger partial charge in [0.1, 0.15) is 5.75 Å². The normalized spacial score (nSPS) is 15.0. The molecule has 2 rings (SSSR count). The molecule has 0 spiro atoms. The molecule has 0 saturated carbocycles. The number of hydrogen-bond donors (Lipinski definition) is 1. The number of nitrogens with zero attached hydrogens (tertiary/aromatic N) is 1. The molecule has 1 aromatic rings. The third-order valence-electron chi connectivity index (χ3n) is 4.06. The lowest BCUT2D eigenvalue weighted by Gasteiger charge is -2.24. The lowest BCUT2D eigenvalue weighted by atomic mass is 10.1. The van der Waals surface area contributed by atoms with Crippen molar-refractivity contribution in [1.82, 2.24) is 4.90 Å². The predicted octanol–water partition coefficient (Wildman–Crippen LogP) is 1.50. The number of amides is 2. The molecule has 1 heterocycles. The maximum absolute atomic E-state index is 12.1. The first kappa shape index (κ1) is 18.8. The van der Waals surface area contributed by atoms with Crippen molar-refractivity contribution in [2.75, 3.05) is 26.3 Å². The molecule has 136 valence electrons. The Morgan fingerprint density at radius 1 is 0.960 bits per heavy atom. The average Bonchev–Trinajstić information content (AvgIpc) is 2.57. The van der Waals surface area contributed by atoms with Crippen molar-refractivity contribution in [3.8, 4) is 5.75 Å². The number of benzene rings is 1. The predicted molar refractivity (Wildman–Crippen MR) is 91.1 cm³/mol. The van der Waals surface area contributed by atoms with Crippen molar-refractivity contribution in [1.29, 1.82) is 0 Å². The van der Waals surface area contributed by atoms with Crippen LogP contribution in [0.1, 0.15) is 42.5 Å². The standard InChI is InChI=1S/C18H24N2O5/c19-18(23)14-8-4-5-9-15(14)24-13-17(22)25-12-16(21)20-10-6-2-1-3-7-11-20/h4-5,8-9H,1-3,6-7,10-13H2,(H2,19,23). The van der Waals surface area contributed by atoms with Gasteiger partial charge >= 0.3 is 5.97 Å². The van der Waals surface area contributed by atoms with Crippen LogP contribution in [0.5, 0.6) is 5.75 Å². The molecule has 0 aliphatic carbocycles. The number of para-hydroxylation sites is 1. The second kappa shape index (κ2) is 9.66. The molecule has 0 atom stereocenters. The summed E-state index contributed by atoms with van der Waals surface area (Å²) in [6, 6.07) is 6.36. The largest absolute Gasteiger partial charge is 0.481 e. The Morgan fingerprint density at radius 2 is 1.60 bits per heavy atom. The second-order valence-corrected chi connectivity index (χ2v) is 5.96. The molecule has 1 saturated heterocycles. The van der Waals surface area contributed by atoms with E-state index in [4.69, 9.17) is 15.2 Å². The van der Waals surface area contributed by atoms with Crippen LogP contribution in [0.15, 0.2) is 24.3 Å². The zero-order chi connectivity index (χ0) is 18.1. The Balaban J connectivity index is 1.77. The first-order chi connectivity index (χ1) is 12.1. The summed E-state index contributed by atoms with van der Waals surface area (Å²) < 4.78 is 10.3. The van der Waals surface area contributed by atoms with E-state index in [0.717, 1.165) is 25.7 Å². The fourth-order valence-corrected chi connectivity index (χ4v) is 2.70. The lowest BCUT2D eigenvalue weighted by molar-refractivity contribution is -0.153. The lowest BCUT2D eigenvalue weighted by Crippen LogP contribution is -2.37. The van der Waals surface area contributed by atoms with Gasteiger partial charge in [-0.1, -0.05) is 31.4 Å². The number of carbonyl (C=O) groups excluding carboxylic acids is 3. The molecule has 7 nitrogen and oxygen atoms in total. The van der Waals surface area contributed by atoms with Gasteiger partial charge in [-0.15, -0.1) is 0 Å². The number of ether oxygens (including phenoxy) is 2. The molecule has 1 aromatic carbocycles. The summed E-state index contributed by atoms with van der Waals surface area (Å²) in [4.78, 5) is 36.9. The van der Waals surface area contributed by atoms with E-state index in [0.29, 0.717) is 13.1 Å². The van der Waals surface area contributed by atoms with Gasteiger partial charge in [0.05, 0.1) is 5.56 Å². The molecule has 0 aromatic heterocycles. The van der Waals surface area contributed by atoms with Crippen molar-refractivity contribution < 1.29 is 23.9 Å². The first-order valence-corrected chi connectivity index (χ1v) is 8.53. The molecule has 25 heavy (non-hydrogen) atoms. The Morgan fingerprint density at radius 3 is 2.28 bits per heavy atom. The summed E-state index contributed by atoms with van der Waals surface area (Å²) in [6.07, 6.45) is 5.41. The molecule has 1 aliphatic heterocycles. The third-order valence-corrected chi connectivity index (χ3v) is 4.06. The summed E-state index contributed by atoms with van der Waals surface area (Å²) in [5, 5.41) is 0. The maximum Gasteiger partial charge on any atom is 0.344 e. The molecule has 0 radical (unpaired) electrons. The van der Waals surface area contributed by atoms with Crippen LogP contribution in [-0.2, 0) is 14.3 Å². The zero-order valence-corrected chi connectivity index (χ0v) is 14.2. The SMILES string of the molecule is NC(=O)c1ccccc1OCC(=O)OCC(=O)N1CCCCCCC1. The smallest absolute Gasteiger partial charge is 0.344 e. The minimum Gasteiger partial charge on any atom is -0.481 e. The minimum atomic E-state index is -0.667. The van der Waals surface area contributed by atoms with Gasteiger partial charge in [0.15, 0.2) is 13.2 Å². The van der Waals surface area contributed by atoms with Crippen molar-refractivity contribution in [2.24, 2.45) is 5.73 Å². The maximum atomic E-state index is 12.1. The molecular formula is C18H24N2O5. The highest BCUT2D eigenvalue weighted by atomic mass is 16.6. The fourth-order valence-electron chi connectivity index (χ4n) is 2.70. The number of carbonyl (C=O) groups is 3. The summed E-state index contributed by atoms with van der Waals surface area (Å²) in [6.45, 7) is 0.731. The van der Waals surface area contributed by atoms with E-state index in [9.17, 15) is 14.4 Å². The number of primary amides is 1. The van der Waals surface area contributed by atoms with Gasteiger partial charge in [0, 0.05) is 13.1 Å². The van der Waals surface area contributed by atoms with Crippen molar-refractivity contribution in [3.63, 3.8) is 0 Å². The number of nitrogens with two attached hydrogens (primary N) is 1. The zero-order valence-electron chi connectivity index (χ0n) is 14.2. The van der Waals surface area contributed by atoms with Gasteiger partial charge in [-0.3, -0.25) is 9.59 Å². The highest BCUT2D eigenvalue weighted by Gasteiger charge is 2.17. The molecule has 1 fully saturated rings. The van der Waals surface area contributed by atoms with Crippen LogP contribution >= 0.6 is 0 Å². The van der Waals surface area contributed by atoms with Gasteiger partial charge in [-0.05, 0) is 25.0 Å². The van der Waals surface area contributed by atoms with E-state index < -0.39 is 18.5 Å².